The van der Waals surface area contributed by atoms with Crippen LogP contribution in [-0.4, -0.2) is 43.3 Å². The lowest BCUT2D eigenvalue weighted by Gasteiger charge is -2.27. The van der Waals surface area contributed by atoms with E-state index in [4.69, 9.17) is 9.47 Å². The SMILES string of the molecule is CCCCCCCCCCCOC(=O)[C@H](CC(C)C)N(C)C(=O)OCCCCCCCC. The van der Waals surface area contributed by atoms with Crippen molar-refractivity contribution in [1.82, 2.24) is 4.90 Å². The van der Waals surface area contributed by atoms with Crippen molar-refractivity contribution in [2.45, 2.75) is 136 Å². The lowest BCUT2D eigenvalue weighted by atomic mass is 10.0. The molecule has 0 N–H and O–H groups in total. The van der Waals surface area contributed by atoms with Gasteiger partial charge in [0.25, 0.3) is 0 Å². The van der Waals surface area contributed by atoms with Crippen LogP contribution in [0, 0.1) is 5.92 Å². The maximum absolute atomic E-state index is 12.7. The number of unbranched alkanes of at least 4 members (excludes halogenated alkanes) is 13. The van der Waals surface area contributed by atoms with E-state index in [1.54, 1.807) is 7.05 Å². The normalized spacial score (nSPS) is 12.1. The molecule has 0 aromatic heterocycles. The number of likely N-dealkylation sites (N-methyl/N-ethyl adjacent to an activating group) is 1. The topological polar surface area (TPSA) is 55.8 Å². The average molecular weight is 456 g/mol. The van der Waals surface area contributed by atoms with Crippen LogP contribution in [0.25, 0.3) is 0 Å². The summed E-state index contributed by atoms with van der Waals surface area (Å²) in [6, 6.07) is -0.578. The molecule has 0 aromatic carbocycles. The predicted octanol–water partition coefficient (Wildman–Crippen LogP) is 7.90. The fraction of sp³-hybridized carbons (Fsp3) is 0.926. The zero-order valence-electron chi connectivity index (χ0n) is 22.0. The van der Waals surface area contributed by atoms with Gasteiger partial charge in [-0.1, -0.05) is 111 Å². The van der Waals surface area contributed by atoms with Crippen molar-refractivity contribution in [3.05, 3.63) is 0 Å². The molecule has 0 aliphatic rings. The van der Waals surface area contributed by atoms with Gasteiger partial charge in [0.15, 0.2) is 0 Å². The molecule has 0 fully saturated rings. The van der Waals surface area contributed by atoms with Crippen molar-refractivity contribution in [1.29, 1.82) is 0 Å². The highest BCUT2D eigenvalue weighted by Gasteiger charge is 2.29. The zero-order chi connectivity index (χ0) is 24.0. The molecule has 0 aromatic rings. The zero-order valence-corrected chi connectivity index (χ0v) is 22.0. The van der Waals surface area contributed by atoms with Crippen LogP contribution in [0.1, 0.15) is 130 Å². The highest BCUT2D eigenvalue weighted by Crippen LogP contribution is 2.15. The number of esters is 1. The van der Waals surface area contributed by atoms with Gasteiger partial charge in [0.05, 0.1) is 13.2 Å². The Morgan fingerprint density at radius 2 is 1.06 bits per heavy atom. The molecule has 0 bridgehead atoms. The van der Waals surface area contributed by atoms with Gasteiger partial charge in [0, 0.05) is 7.05 Å². The first-order valence-electron chi connectivity index (χ1n) is 13.5. The summed E-state index contributed by atoms with van der Waals surface area (Å²) >= 11 is 0. The second kappa shape index (κ2) is 21.6. The number of hydrogen-bond acceptors (Lipinski definition) is 4. The molecule has 0 radical (unpaired) electrons. The third-order valence-corrected chi connectivity index (χ3v) is 5.94. The minimum Gasteiger partial charge on any atom is -0.464 e. The van der Waals surface area contributed by atoms with Crippen molar-refractivity contribution >= 4 is 12.1 Å². The van der Waals surface area contributed by atoms with E-state index in [0.29, 0.717) is 19.6 Å². The van der Waals surface area contributed by atoms with Gasteiger partial charge in [0.1, 0.15) is 6.04 Å². The number of amides is 1. The monoisotopic (exact) mass is 455 g/mol. The maximum Gasteiger partial charge on any atom is 0.410 e. The Morgan fingerprint density at radius 1 is 0.656 bits per heavy atom. The standard InChI is InChI=1S/C27H53NO4/c1-6-8-10-12-14-15-16-18-19-21-31-26(29)25(23-24(3)4)28(5)27(30)32-22-20-17-13-11-9-7-2/h24-25H,6-23H2,1-5H3/t25-/m0/s1. The Bertz CT molecular complexity index is 453. The van der Waals surface area contributed by atoms with Crippen molar-refractivity contribution in [3.8, 4) is 0 Å². The molecule has 0 aliphatic carbocycles. The summed E-state index contributed by atoms with van der Waals surface area (Å²) in [5, 5.41) is 0. The lowest BCUT2D eigenvalue weighted by Crippen LogP contribution is -2.44. The fourth-order valence-electron chi connectivity index (χ4n) is 3.81. The highest BCUT2D eigenvalue weighted by molar-refractivity contribution is 5.81. The molecule has 0 rings (SSSR count). The fourth-order valence-corrected chi connectivity index (χ4v) is 3.81. The average Bonchev–Trinajstić information content (AvgIpc) is 2.77. The molecule has 1 atom stereocenters. The predicted molar refractivity (Wildman–Crippen MR) is 134 cm³/mol. The molecule has 190 valence electrons. The third-order valence-electron chi connectivity index (χ3n) is 5.94. The molecule has 32 heavy (non-hydrogen) atoms. The Labute approximate surface area is 199 Å². The Balaban J connectivity index is 4.14. The first-order chi connectivity index (χ1) is 15.4. The van der Waals surface area contributed by atoms with Gasteiger partial charge in [-0.05, 0) is 25.2 Å². The van der Waals surface area contributed by atoms with E-state index >= 15 is 0 Å². The molecule has 0 heterocycles. The van der Waals surface area contributed by atoms with E-state index in [9.17, 15) is 9.59 Å². The largest absolute Gasteiger partial charge is 0.464 e. The Kier molecular flexibility index (Phi) is 20.7. The van der Waals surface area contributed by atoms with Crippen molar-refractivity contribution in [2.75, 3.05) is 20.3 Å². The molecule has 0 unspecified atom stereocenters. The Hall–Kier alpha value is -1.26. The molecule has 5 nitrogen and oxygen atoms in total. The van der Waals surface area contributed by atoms with Gasteiger partial charge in [-0.2, -0.15) is 0 Å². The number of ether oxygens (including phenoxy) is 2. The second-order valence-corrected chi connectivity index (χ2v) is 9.63. The number of carbonyl (C=O) groups is 2. The molecule has 0 spiro atoms. The maximum atomic E-state index is 12.7. The van der Waals surface area contributed by atoms with E-state index in [2.05, 4.69) is 27.7 Å². The van der Waals surface area contributed by atoms with E-state index < -0.39 is 12.1 Å². The molecule has 0 saturated heterocycles. The number of rotatable bonds is 21. The quantitative estimate of drug-likeness (QED) is 0.130. The summed E-state index contributed by atoms with van der Waals surface area (Å²) in [5.74, 6) is -0.0219. The van der Waals surface area contributed by atoms with Gasteiger partial charge in [-0.25, -0.2) is 9.59 Å². The van der Waals surface area contributed by atoms with Crippen LogP contribution in [0.3, 0.4) is 0 Å². The summed E-state index contributed by atoms with van der Waals surface area (Å²) in [5.41, 5.74) is 0. The van der Waals surface area contributed by atoms with Crippen LogP contribution in [0.15, 0.2) is 0 Å². The van der Waals surface area contributed by atoms with Crippen LogP contribution in [0.4, 0.5) is 4.79 Å². The van der Waals surface area contributed by atoms with E-state index in [0.717, 1.165) is 25.7 Å². The summed E-state index contributed by atoms with van der Waals surface area (Å²) in [6.45, 7) is 9.39. The molecule has 0 aliphatic heterocycles. The molecule has 0 saturated carbocycles. The van der Waals surface area contributed by atoms with Crippen LogP contribution in [0.2, 0.25) is 0 Å². The van der Waals surface area contributed by atoms with Crippen LogP contribution in [0.5, 0.6) is 0 Å². The second-order valence-electron chi connectivity index (χ2n) is 9.63. The summed E-state index contributed by atoms with van der Waals surface area (Å²) in [7, 11) is 1.65. The van der Waals surface area contributed by atoms with Crippen molar-refractivity contribution in [2.24, 2.45) is 5.92 Å². The van der Waals surface area contributed by atoms with E-state index in [1.807, 2.05) is 0 Å². The van der Waals surface area contributed by atoms with E-state index in [-0.39, 0.29) is 11.9 Å². The minimum absolute atomic E-state index is 0.286. The first-order valence-corrected chi connectivity index (χ1v) is 13.5. The summed E-state index contributed by atoms with van der Waals surface area (Å²) < 4.78 is 10.9. The van der Waals surface area contributed by atoms with Gasteiger partial charge < -0.3 is 9.47 Å². The first kappa shape index (κ1) is 30.7. The molecule has 5 heteroatoms. The van der Waals surface area contributed by atoms with Gasteiger partial charge >= 0.3 is 12.1 Å². The van der Waals surface area contributed by atoms with Crippen LogP contribution < -0.4 is 0 Å². The van der Waals surface area contributed by atoms with Gasteiger partial charge in [-0.15, -0.1) is 0 Å². The summed E-state index contributed by atoms with van der Waals surface area (Å²) in [4.78, 5) is 26.5. The van der Waals surface area contributed by atoms with E-state index in [1.165, 1.54) is 75.5 Å². The molecular weight excluding hydrogens is 402 g/mol. The van der Waals surface area contributed by atoms with Gasteiger partial charge in [0.2, 0.25) is 0 Å². The van der Waals surface area contributed by atoms with Crippen LogP contribution in [-0.2, 0) is 14.3 Å². The number of carbonyl (C=O) groups excluding carboxylic acids is 2. The molecular formula is C27H53NO4. The minimum atomic E-state index is -0.578. The van der Waals surface area contributed by atoms with Crippen molar-refractivity contribution in [3.63, 3.8) is 0 Å². The smallest absolute Gasteiger partial charge is 0.410 e. The van der Waals surface area contributed by atoms with Crippen LogP contribution >= 0.6 is 0 Å². The third kappa shape index (κ3) is 17.3. The molecule has 1 amide bonds. The van der Waals surface area contributed by atoms with Gasteiger partial charge in [-0.3, -0.25) is 4.90 Å². The summed E-state index contributed by atoms with van der Waals surface area (Å²) in [6.07, 6.45) is 18.1. The van der Waals surface area contributed by atoms with Crippen molar-refractivity contribution < 1.29 is 19.1 Å². The Morgan fingerprint density at radius 3 is 1.50 bits per heavy atom. The highest BCUT2D eigenvalue weighted by atomic mass is 16.6. The number of hydrogen-bond donors (Lipinski definition) is 0. The number of nitrogens with zero attached hydrogens (tertiary/aromatic N) is 1. The lowest BCUT2D eigenvalue weighted by molar-refractivity contribution is -0.149.